The fourth-order valence-corrected chi connectivity index (χ4v) is 2.45. The molecule has 1 rings (SSSR count). The van der Waals surface area contributed by atoms with E-state index in [1.54, 1.807) is 0 Å². The Labute approximate surface area is 117 Å². The van der Waals surface area contributed by atoms with Gasteiger partial charge in [0.25, 0.3) is 0 Å². The zero-order valence-electron chi connectivity index (χ0n) is 9.84. The number of hydrogen-bond acceptors (Lipinski definition) is 1. The zero-order chi connectivity index (χ0) is 12.1. The van der Waals surface area contributed by atoms with E-state index in [1.807, 2.05) is 12.1 Å². The van der Waals surface area contributed by atoms with Crippen LogP contribution in [-0.4, -0.2) is 0 Å². The first-order valence-electron chi connectivity index (χ1n) is 5.75. The first-order valence-corrected chi connectivity index (χ1v) is 7.20. The largest absolute Gasteiger partial charge is 0.324 e. The van der Waals surface area contributed by atoms with Crippen LogP contribution in [0.3, 0.4) is 0 Å². The molecule has 0 radical (unpaired) electrons. The molecule has 0 aromatic heterocycles. The molecule has 0 saturated heterocycles. The van der Waals surface area contributed by atoms with E-state index < -0.39 is 0 Å². The van der Waals surface area contributed by atoms with Crippen molar-refractivity contribution in [3.8, 4) is 0 Å². The molecule has 90 valence electrons. The van der Waals surface area contributed by atoms with Crippen molar-refractivity contribution in [3.63, 3.8) is 0 Å². The minimum Gasteiger partial charge on any atom is -0.324 e. The second-order valence-corrected chi connectivity index (χ2v) is 5.98. The smallest absolute Gasteiger partial charge is 0.0542 e. The minimum absolute atomic E-state index is 0.107. The normalized spacial score (nSPS) is 14.8. The van der Waals surface area contributed by atoms with Crippen molar-refractivity contribution in [3.05, 3.63) is 32.4 Å². The van der Waals surface area contributed by atoms with Gasteiger partial charge in [-0.2, -0.15) is 0 Å². The van der Waals surface area contributed by atoms with Gasteiger partial charge in [-0.05, 0) is 52.6 Å². The van der Waals surface area contributed by atoms with Gasteiger partial charge in [0.15, 0.2) is 0 Å². The molecular weight excluding hydrogens is 333 g/mol. The summed E-state index contributed by atoms with van der Waals surface area (Å²) < 4.78 is 1.08. The predicted molar refractivity (Wildman–Crippen MR) is 79.8 cm³/mol. The third-order valence-corrected chi connectivity index (χ3v) is 4.38. The molecule has 0 bridgehead atoms. The third kappa shape index (κ3) is 4.22. The number of nitrogens with two attached hydrogens (primary N) is 1. The molecule has 1 nitrogen and oxygen atoms in total. The second kappa shape index (κ2) is 6.82. The van der Waals surface area contributed by atoms with Gasteiger partial charge < -0.3 is 5.73 Å². The summed E-state index contributed by atoms with van der Waals surface area (Å²) in [4.78, 5) is 0. The van der Waals surface area contributed by atoms with E-state index in [2.05, 4.69) is 42.5 Å². The second-order valence-electron chi connectivity index (χ2n) is 4.41. The molecule has 2 N–H and O–H groups in total. The number of rotatable bonds is 5. The van der Waals surface area contributed by atoms with Gasteiger partial charge in [0.05, 0.1) is 5.02 Å². The van der Waals surface area contributed by atoms with Gasteiger partial charge in [-0.25, -0.2) is 0 Å². The first kappa shape index (κ1) is 14.3. The summed E-state index contributed by atoms with van der Waals surface area (Å²) in [6.45, 7) is 4.47. The molecule has 3 heteroatoms. The Balaban J connectivity index is 2.65. The molecule has 0 amide bonds. The lowest BCUT2D eigenvalue weighted by molar-refractivity contribution is 0.440. The molecule has 1 aromatic carbocycles. The Morgan fingerprint density at radius 1 is 1.44 bits per heavy atom. The Kier molecular flexibility index (Phi) is 6.08. The highest BCUT2D eigenvalue weighted by Crippen LogP contribution is 2.26. The van der Waals surface area contributed by atoms with Crippen molar-refractivity contribution in [1.82, 2.24) is 0 Å². The van der Waals surface area contributed by atoms with Crippen LogP contribution in [0.2, 0.25) is 5.02 Å². The van der Waals surface area contributed by atoms with Crippen LogP contribution in [0.25, 0.3) is 0 Å². The van der Waals surface area contributed by atoms with Crippen molar-refractivity contribution < 1.29 is 0 Å². The van der Waals surface area contributed by atoms with E-state index in [-0.39, 0.29) is 6.04 Å². The highest BCUT2D eigenvalue weighted by molar-refractivity contribution is 14.1. The molecular formula is C13H19ClIN. The average Bonchev–Trinajstić information content (AvgIpc) is 2.22. The van der Waals surface area contributed by atoms with E-state index >= 15 is 0 Å². The first-order chi connectivity index (χ1) is 7.54. The van der Waals surface area contributed by atoms with Gasteiger partial charge in [0, 0.05) is 9.61 Å². The molecule has 2 atom stereocenters. The van der Waals surface area contributed by atoms with Gasteiger partial charge in [0.2, 0.25) is 0 Å². The minimum atomic E-state index is 0.107. The summed E-state index contributed by atoms with van der Waals surface area (Å²) in [5.41, 5.74) is 7.33. The van der Waals surface area contributed by atoms with E-state index in [9.17, 15) is 0 Å². The van der Waals surface area contributed by atoms with Crippen molar-refractivity contribution >= 4 is 34.2 Å². The van der Waals surface area contributed by atoms with Crippen LogP contribution in [0.5, 0.6) is 0 Å². The number of halogens is 2. The zero-order valence-corrected chi connectivity index (χ0v) is 12.8. The topological polar surface area (TPSA) is 26.0 Å². The molecule has 2 unspecified atom stereocenters. The van der Waals surface area contributed by atoms with Crippen LogP contribution in [0.15, 0.2) is 18.2 Å². The fraction of sp³-hybridized carbons (Fsp3) is 0.538. The van der Waals surface area contributed by atoms with Gasteiger partial charge in [-0.15, -0.1) is 0 Å². The molecule has 16 heavy (non-hydrogen) atoms. The molecule has 0 saturated carbocycles. The molecule has 0 spiro atoms. The maximum Gasteiger partial charge on any atom is 0.0542 e. The van der Waals surface area contributed by atoms with Crippen molar-refractivity contribution in [2.75, 3.05) is 0 Å². The molecule has 0 heterocycles. The maximum absolute atomic E-state index is 6.18. The van der Waals surface area contributed by atoms with Crippen LogP contribution in [0.1, 0.15) is 44.7 Å². The van der Waals surface area contributed by atoms with Crippen LogP contribution >= 0.6 is 34.2 Å². The van der Waals surface area contributed by atoms with Crippen molar-refractivity contribution in [2.45, 2.75) is 39.2 Å². The Bertz CT molecular complexity index is 341. The molecule has 0 aliphatic carbocycles. The van der Waals surface area contributed by atoms with E-state index in [0.29, 0.717) is 5.92 Å². The van der Waals surface area contributed by atoms with E-state index in [0.717, 1.165) is 20.6 Å². The highest BCUT2D eigenvalue weighted by Gasteiger charge is 2.11. The van der Waals surface area contributed by atoms with Gasteiger partial charge in [-0.1, -0.05) is 44.4 Å². The summed E-state index contributed by atoms with van der Waals surface area (Å²) in [6.07, 6.45) is 3.50. The van der Waals surface area contributed by atoms with Gasteiger partial charge >= 0.3 is 0 Å². The summed E-state index contributed by atoms with van der Waals surface area (Å²) in [5.74, 6) is 0.679. The molecule has 0 fully saturated rings. The quantitative estimate of drug-likeness (QED) is 0.760. The van der Waals surface area contributed by atoms with Gasteiger partial charge in [0.1, 0.15) is 0 Å². The van der Waals surface area contributed by atoms with Gasteiger partial charge in [-0.3, -0.25) is 0 Å². The Morgan fingerprint density at radius 3 is 2.69 bits per heavy atom. The lowest BCUT2D eigenvalue weighted by Gasteiger charge is -2.17. The maximum atomic E-state index is 6.18. The third-order valence-electron chi connectivity index (χ3n) is 2.81. The Morgan fingerprint density at radius 2 is 2.12 bits per heavy atom. The molecule has 0 aliphatic rings. The summed E-state index contributed by atoms with van der Waals surface area (Å²) in [6, 6.07) is 6.21. The van der Waals surface area contributed by atoms with Crippen LogP contribution in [0, 0.1) is 9.49 Å². The predicted octanol–water partition coefficient (Wildman–Crippen LogP) is 4.77. The number of benzene rings is 1. The summed E-state index contributed by atoms with van der Waals surface area (Å²) >= 11 is 8.32. The van der Waals surface area contributed by atoms with E-state index in [1.165, 1.54) is 12.8 Å². The van der Waals surface area contributed by atoms with E-state index in [4.69, 9.17) is 17.3 Å². The lowest BCUT2D eigenvalue weighted by Crippen LogP contribution is -2.14. The van der Waals surface area contributed by atoms with Crippen LogP contribution in [0.4, 0.5) is 0 Å². The van der Waals surface area contributed by atoms with Crippen LogP contribution < -0.4 is 5.73 Å². The highest BCUT2D eigenvalue weighted by atomic mass is 127. The monoisotopic (exact) mass is 351 g/mol. The summed E-state index contributed by atoms with van der Waals surface area (Å²) in [5, 5.41) is 0.802. The van der Waals surface area contributed by atoms with Crippen molar-refractivity contribution in [2.24, 2.45) is 11.7 Å². The lowest BCUT2D eigenvalue weighted by atomic mass is 9.94. The van der Waals surface area contributed by atoms with Crippen LogP contribution in [-0.2, 0) is 0 Å². The SMILES string of the molecule is CCCC(C)CC(N)c1ccc(I)c(Cl)c1. The molecule has 1 aromatic rings. The fourth-order valence-electron chi connectivity index (χ4n) is 1.92. The van der Waals surface area contributed by atoms with Crippen molar-refractivity contribution in [1.29, 1.82) is 0 Å². The standard InChI is InChI=1S/C13H19ClIN/c1-3-4-9(2)7-13(16)10-5-6-12(15)11(14)8-10/h5-6,8-9,13H,3-4,7,16H2,1-2H3. The average molecular weight is 352 g/mol. The number of hydrogen-bond donors (Lipinski definition) is 1. The molecule has 0 aliphatic heterocycles. The Hall–Kier alpha value is 0.200. The summed E-state index contributed by atoms with van der Waals surface area (Å²) in [7, 11) is 0.